The molecule has 2 rings (SSSR count). The van der Waals surface area contributed by atoms with E-state index in [1.165, 1.54) is 4.57 Å². The molecule has 0 unspecified atom stereocenters. The molecule has 0 aliphatic rings. The summed E-state index contributed by atoms with van der Waals surface area (Å²) < 4.78 is 4.83. The standard InChI is InChI=1S/C15H25N5O2/c1-4-9-20-13-12(14(21)18(5-2)15(20)22)19(11(3)17-13)10-7-6-8-16/h4-10,16H2,1-3H3. The lowest BCUT2D eigenvalue weighted by Gasteiger charge is -2.11. The average Bonchev–Trinajstić information content (AvgIpc) is 2.81. The van der Waals surface area contributed by atoms with Gasteiger partial charge in [-0.15, -0.1) is 0 Å². The van der Waals surface area contributed by atoms with Crippen LogP contribution in [-0.4, -0.2) is 25.2 Å². The predicted octanol–water partition coefficient (Wildman–Crippen LogP) is 0.837. The van der Waals surface area contributed by atoms with Crippen LogP contribution in [0, 0.1) is 6.92 Å². The van der Waals surface area contributed by atoms with Gasteiger partial charge in [0, 0.05) is 19.6 Å². The summed E-state index contributed by atoms with van der Waals surface area (Å²) >= 11 is 0. The predicted molar refractivity (Wildman–Crippen MR) is 87.2 cm³/mol. The molecule has 2 aromatic rings. The van der Waals surface area contributed by atoms with Crippen molar-refractivity contribution in [1.29, 1.82) is 0 Å². The van der Waals surface area contributed by atoms with Crippen molar-refractivity contribution in [2.24, 2.45) is 5.73 Å². The van der Waals surface area contributed by atoms with E-state index < -0.39 is 0 Å². The largest absolute Gasteiger partial charge is 0.332 e. The number of rotatable bonds is 7. The van der Waals surface area contributed by atoms with Gasteiger partial charge in [-0.1, -0.05) is 6.92 Å². The fourth-order valence-corrected chi connectivity index (χ4v) is 2.79. The maximum atomic E-state index is 12.7. The number of aryl methyl sites for hydroxylation is 3. The summed E-state index contributed by atoms with van der Waals surface area (Å²) in [5, 5.41) is 0. The van der Waals surface area contributed by atoms with Gasteiger partial charge in [-0.3, -0.25) is 13.9 Å². The summed E-state index contributed by atoms with van der Waals surface area (Å²) in [6, 6.07) is 0. The van der Waals surface area contributed by atoms with E-state index in [2.05, 4.69) is 4.98 Å². The zero-order valence-electron chi connectivity index (χ0n) is 13.6. The molecule has 0 aliphatic carbocycles. The van der Waals surface area contributed by atoms with E-state index in [0.29, 0.717) is 37.3 Å². The minimum Gasteiger partial charge on any atom is -0.330 e. The van der Waals surface area contributed by atoms with Crippen molar-refractivity contribution in [2.75, 3.05) is 6.54 Å². The van der Waals surface area contributed by atoms with Gasteiger partial charge < -0.3 is 10.3 Å². The third kappa shape index (κ3) is 2.72. The highest BCUT2D eigenvalue weighted by molar-refractivity contribution is 5.71. The number of aromatic nitrogens is 4. The molecule has 0 fully saturated rings. The van der Waals surface area contributed by atoms with Gasteiger partial charge in [-0.2, -0.15) is 0 Å². The van der Waals surface area contributed by atoms with Gasteiger partial charge in [-0.25, -0.2) is 9.78 Å². The Bertz CT molecular complexity index is 769. The van der Waals surface area contributed by atoms with Crippen molar-refractivity contribution in [3.8, 4) is 0 Å². The quantitative estimate of drug-likeness (QED) is 0.768. The molecule has 0 amide bonds. The first-order valence-electron chi connectivity index (χ1n) is 7.97. The number of fused-ring (bicyclic) bond motifs is 1. The number of unbranched alkanes of at least 4 members (excludes halogenated alkanes) is 1. The SMILES string of the molecule is CCCn1c(=O)n(CC)c(=O)c2c1nc(C)n2CCCCN. The molecule has 0 atom stereocenters. The zero-order valence-corrected chi connectivity index (χ0v) is 13.6. The topological polar surface area (TPSA) is 87.8 Å². The summed E-state index contributed by atoms with van der Waals surface area (Å²) in [5.74, 6) is 0.766. The fraction of sp³-hybridized carbons (Fsp3) is 0.667. The van der Waals surface area contributed by atoms with Crippen LogP contribution in [0.2, 0.25) is 0 Å². The minimum absolute atomic E-state index is 0.247. The monoisotopic (exact) mass is 307 g/mol. The minimum atomic E-state index is -0.270. The maximum Gasteiger partial charge on any atom is 0.332 e. The molecule has 0 saturated carbocycles. The Morgan fingerprint density at radius 3 is 2.36 bits per heavy atom. The van der Waals surface area contributed by atoms with Gasteiger partial charge in [0.1, 0.15) is 5.82 Å². The lowest BCUT2D eigenvalue weighted by Crippen LogP contribution is -2.40. The van der Waals surface area contributed by atoms with Gasteiger partial charge in [-0.05, 0) is 39.7 Å². The summed E-state index contributed by atoms with van der Waals surface area (Å²) in [6.07, 6.45) is 2.60. The van der Waals surface area contributed by atoms with Crippen molar-refractivity contribution in [2.45, 2.75) is 59.7 Å². The van der Waals surface area contributed by atoms with Gasteiger partial charge in [0.25, 0.3) is 5.56 Å². The van der Waals surface area contributed by atoms with Crippen molar-refractivity contribution < 1.29 is 0 Å². The lowest BCUT2D eigenvalue weighted by molar-refractivity contribution is 0.573. The highest BCUT2D eigenvalue weighted by Gasteiger charge is 2.18. The van der Waals surface area contributed by atoms with Crippen LogP contribution in [-0.2, 0) is 19.6 Å². The number of hydrogen-bond donors (Lipinski definition) is 1. The molecule has 7 heteroatoms. The smallest absolute Gasteiger partial charge is 0.330 e. The Labute approximate surface area is 129 Å². The molecule has 2 heterocycles. The molecule has 7 nitrogen and oxygen atoms in total. The second kappa shape index (κ2) is 6.91. The van der Waals surface area contributed by atoms with Crippen LogP contribution < -0.4 is 17.0 Å². The first-order valence-corrected chi connectivity index (χ1v) is 7.97. The van der Waals surface area contributed by atoms with Gasteiger partial charge in [0.2, 0.25) is 0 Å². The van der Waals surface area contributed by atoms with Crippen LogP contribution in [0.1, 0.15) is 38.9 Å². The lowest BCUT2D eigenvalue weighted by atomic mass is 10.3. The van der Waals surface area contributed by atoms with Crippen molar-refractivity contribution >= 4 is 11.2 Å². The normalized spacial score (nSPS) is 11.5. The summed E-state index contributed by atoms with van der Waals surface area (Å²) in [5.41, 5.74) is 6.06. The van der Waals surface area contributed by atoms with Gasteiger partial charge in [0.05, 0.1) is 0 Å². The van der Waals surface area contributed by atoms with Crippen molar-refractivity contribution in [3.05, 3.63) is 26.7 Å². The van der Waals surface area contributed by atoms with E-state index >= 15 is 0 Å². The third-order valence-corrected chi connectivity index (χ3v) is 3.90. The molecule has 2 aromatic heterocycles. The van der Waals surface area contributed by atoms with Crippen LogP contribution in [0.3, 0.4) is 0 Å². The number of imidazole rings is 1. The molecule has 0 aromatic carbocycles. The summed E-state index contributed by atoms with van der Waals surface area (Å²) in [4.78, 5) is 29.6. The van der Waals surface area contributed by atoms with Gasteiger partial charge in [0.15, 0.2) is 11.2 Å². The fourth-order valence-electron chi connectivity index (χ4n) is 2.79. The van der Waals surface area contributed by atoms with Crippen LogP contribution in [0.5, 0.6) is 0 Å². The van der Waals surface area contributed by atoms with E-state index in [4.69, 9.17) is 5.73 Å². The molecular weight excluding hydrogens is 282 g/mol. The Hall–Kier alpha value is -1.89. The van der Waals surface area contributed by atoms with E-state index in [-0.39, 0.29) is 11.2 Å². The van der Waals surface area contributed by atoms with E-state index in [9.17, 15) is 9.59 Å². The molecular formula is C15H25N5O2. The first kappa shape index (κ1) is 16.5. The Morgan fingerprint density at radius 2 is 1.77 bits per heavy atom. The Balaban J connectivity index is 2.73. The second-order valence-corrected chi connectivity index (χ2v) is 5.46. The number of hydrogen-bond acceptors (Lipinski definition) is 4. The van der Waals surface area contributed by atoms with E-state index in [1.807, 2.05) is 25.3 Å². The molecule has 0 radical (unpaired) electrons. The third-order valence-electron chi connectivity index (χ3n) is 3.90. The summed E-state index contributed by atoms with van der Waals surface area (Å²) in [6.45, 7) is 7.95. The Kier molecular flexibility index (Phi) is 5.18. The van der Waals surface area contributed by atoms with E-state index in [1.54, 1.807) is 4.57 Å². The van der Waals surface area contributed by atoms with Crippen LogP contribution in [0.4, 0.5) is 0 Å². The van der Waals surface area contributed by atoms with Crippen LogP contribution in [0.25, 0.3) is 11.2 Å². The van der Waals surface area contributed by atoms with Crippen molar-refractivity contribution in [3.63, 3.8) is 0 Å². The maximum absolute atomic E-state index is 12.7. The number of nitrogens with two attached hydrogens (primary N) is 1. The highest BCUT2D eigenvalue weighted by Crippen LogP contribution is 2.12. The average molecular weight is 307 g/mol. The number of nitrogens with zero attached hydrogens (tertiary/aromatic N) is 4. The molecule has 122 valence electrons. The molecule has 0 aliphatic heterocycles. The molecule has 22 heavy (non-hydrogen) atoms. The molecule has 0 bridgehead atoms. The van der Waals surface area contributed by atoms with Crippen molar-refractivity contribution in [1.82, 2.24) is 18.7 Å². The summed E-state index contributed by atoms with van der Waals surface area (Å²) in [7, 11) is 0. The second-order valence-electron chi connectivity index (χ2n) is 5.46. The molecule has 0 spiro atoms. The Morgan fingerprint density at radius 1 is 1.05 bits per heavy atom. The molecule has 0 saturated heterocycles. The van der Waals surface area contributed by atoms with Crippen LogP contribution >= 0.6 is 0 Å². The zero-order chi connectivity index (χ0) is 16.3. The first-order chi connectivity index (χ1) is 10.6. The molecule has 2 N–H and O–H groups in total. The highest BCUT2D eigenvalue weighted by atomic mass is 16.2. The van der Waals surface area contributed by atoms with Gasteiger partial charge >= 0.3 is 5.69 Å². The van der Waals surface area contributed by atoms with E-state index in [0.717, 1.165) is 25.1 Å². The van der Waals surface area contributed by atoms with Crippen LogP contribution in [0.15, 0.2) is 9.59 Å².